The van der Waals surface area contributed by atoms with Crippen molar-refractivity contribution in [1.29, 1.82) is 0 Å². The van der Waals surface area contributed by atoms with Crippen molar-refractivity contribution in [3.8, 4) is 0 Å². The fourth-order valence-corrected chi connectivity index (χ4v) is 4.83. The Morgan fingerprint density at radius 3 is 2.82 bits per heavy atom. The first kappa shape index (κ1) is 15.5. The van der Waals surface area contributed by atoms with E-state index >= 15 is 0 Å². The molecule has 1 aliphatic heterocycles. The topological polar surface area (TPSA) is 72.8 Å². The van der Waals surface area contributed by atoms with Crippen molar-refractivity contribution in [2.45, 2.75) is 64.3 Å². The van der Waals surface area contributed by atoms with Crippen LogP contribution in [0, 0.1) is 17.3 Å². The van der Waals surface area contributed by atoms with Crippen LogP contribution in [0.1, 0.15) is 46.5 Å². The van der Waals surface area contributed by atoms with Gasteiger partial charge in [-0.05, 0) is 31.3 Å². The summed E-state index contributed by atoms with van der Waals surface area (Å²) >= 11 is 0. The summed E-state index contributed by atoms with van der Waals surface area (Å²) in [5.41, 5.74) is -0.986. The SMILES string of the molecule is C=C1CCCC2(C)CC(OC(C)=O)C3C(C)C(=O)OC3C12O. The van der Waals surface area contributed by atoms with Crippen LogP contribution in [0.3, 0.4) is 0 Å². The number of ether oxygens (including phenoxy) is 2. The lowest BCUT2D eigenvalue weighted by molar-refractivity contribution is -0.216. The minimum absolute atomic E-state index is 0.315. The summed E-state index contributed by atoms with van der Waals surface area (Å²) < 4.78 is 11.1. The van der Waals surface area contributed by atoms with Crippen LogP contribution in [-0.4, -0.2) is 34.9 Å². The van der Waals surface area contributed by atoms with Gasteiger partial charge in [0.25, 0.3) is 0 Å². The van der Waals surface area contributed by atoms with Gasteiger partial charge in [-0.2, -0.15) is 0 Å². The van der Waals surface area contributed by atoms with E-state index in [0.29, 0.717) is 6.42 Å². The average Bonchev–Trinajstić information content (AvgIpc) is 2.71. The second kappa shape index (κ2) is 4.82. The Kier molecular flexibility index (Phi) is 3.40. The van der Waals surface area contributed by atoms with E-state index in [1.54, 1.807) is 6.92 Å². The van der Waals surface area contributed by atoms with Crippen molar-refractivity contribution >= 4 is 11.9 Å². The first-order valence-corrected chi connectivity index (χ1v) is 7.99. The van der Waals surface area contributed by atoms with E-state index in [1.807, 2.05) is 6.92 Å². The van der Waals surface area contributed by atoms with Gasteiger partial charge in [0.05, 0.1) is 5.92 Å². The van der Waals surface area contributed by atoms with Gasteiger partial charge in [0, 0.05) is 18.3 Å². The third-order valence-corrected chi connectivity index (χ3v) is 6.02. The van der Waals surface area contributed by atoms with Crippen molar-refractivity contribution in [2.75, 3.05) is 0 Å². The van der Waals surface area contributed by atoms with E-state index in [0.717, 1.165) is 24.8 Å². The normalized spacial score (nSPS) is 47.5. The molecule has 3 aliphatic rings. The Hall–Kier alpha value is -1.36. The highest BCUT2D eigenvalue weighted by molar-refractivity contribution is 5.76. The molecule has 0 amide bonds. The fourth-order valence-electron chi connectivity index (χ4n) is 4.83. The lowest BCUT2D eigenvalue weighted by Crippen LogP contribution is -2.66. The minimum Gasteiger partial charge on any atom is -0.462 e. The zero-order valence-corrected chi connectivity index (χ0v) is 13.4. The monoisotopic (exact) mass is 308 g/mol. The van der Waals surface area contributed by atoms with Crippen LogP contribution in [0.25, 0.3) is 0 Å². The molecule has 0 bridgehead atoms. The Morgan fingerprint density at radius 1 is 1.50 bits per heavy atom. The molecule has 2 aliphatic carbocycles. The Balaban J connectivity index is 2.06. The zero-order chi connectivity index (χ0) is 16.3. The predicted molar refractivity (Wildman–Crippen MR) is 78.8 cm³/mol. The number of hydrogen-bond acceptors (Lipinski definition) is 5. The van der Waals surface area contributed by atoms with Crippen molar-refractivity contribution in [3.63, 3.8) is 0 Å². The molecule has 122 valence electrons. The van der Waals surface area contributed by atoms with Crippen LogP contribution < -0.4 is 0 Å². The highest BCUT2D eigenvalue weighted by atomic mass is 16.6. The largest absolute Gasteiger partial charge is 0.462 e. The molecule has 6 unspecified atom stereocenters. The van der Waals surface area contributed by atoms with Crippen molar-refractivity contribution in [3.05, 3.63) is 12.2 Å². The van der Waals surface area contributed by atoms with E-state index in [4.69, 9.17) is 9.47 Å². The van der Waals surface area contributed by atoms with Gasteiger partial charge in [0.1, 0.15) is 17.8 Å². The summed E-state index contributed by atoms with van der Waals surface area (Å²) in [6.07, 6.45) is 1.93. The second-order valence-corrected chi connectivity index (χ2v) is 7.36. The van der Waals surface area contributed by atoms with Crippen LogP contribution in [0.2, 0.25) is 0 Å². The Morgan fingerprint density at radius 2 is 2.18 bits per heavy atom. The quantitative estimate of drug-likeness (QED) is 0.592. The Labute approximate surface area is 130 Å². The number of carbonyl (C=O) groups excluding carboxylic acids is 2. The van der Waals surface area contributed by atoms with Gasteiger partial charge in [-0.3, -0.25) is 9.59 Å². The van der Waals surface area contributed by atoms with Crippen LogP contribution in [-0.2, 0) is 19.1 Å². The molecule has 5 heteroatoms. The van der Waals surface area contributed by atoms with Crippen LogP contribution in [0.15, 0.2) is 12.2 Å². The number of fused-ring (bicyclic) bond motifs is 3. The second-order valence-electron chi connectivity index (χ2n) is 7.36. The molecule has 1 heterocycles. The summed E-state index contributed by atoms with van der Waals surface area (Å²) in [5, 5.41) is 11.5. The summed E-state index contributed by atoms with van der Waals surface area (Å²) in [7, 11) is 0. The molecule has 1 saturated heterocycles. The van der Waals surface area contributed by atoms with Gasteiger partial charge in [0.15, 0.2) is 0 Å². The van der Waals surface area contributed by atoms with Crippen LogP contribution in [0.4, 0.5) is 0 Å². The molecule has 0 aromatic heterocycles. The van der Waals surface area contributed by atoms with E-state index in [2.05, 4.69) is 6.58 Å². The van der Waals surface area contributed by atoms with Gasteiger partial charge in [-0.25, -0.2) is 0 Å². The maximum atomic E-state index is 12.1. The van der Waals surface area contributed by atoms with Gasteiger partial charge in [0.2, 0.25) is 0 Å². The maximum absolute atomic E-state index is 12.1. The predicted octanol–water partition coefficient (Wildman–Crippen LogP) is 1.98. The number of carbonyl (C=O) groups is 2. The molecule has 5 nitrogen and oxygen atoms in total. The number of hydrogen-bond donors (Lipinski definition) is 1. The first-order valence-electron chi connectivity index (χ1n) is 7.99. The highest BCUT2D eigenvalue weighted by Crippen LogP contribution is 2.60. The molecule has 0 spiro atoms. The first-order chi connectivity index (χ1) is 10.2. The molecular formula is C17H24O5. The van der Waals surface area contributed by atoms with Crippen molar-refractivity contribution < 1.29 is 24.2 Å². The van der Waals surface area contributed by atoms with Gasteiger partial charge >= 0.3 is 11.9 Å². The van der Waals surface area contributed by atoms with E-state index in [1.165, 1.54) is 6.92 Å². The third kappa shape index (κ3) is 1.87. The smallest absolute Gasteiger partial charge is 0.309 e. The lowest BCUT2D eigenvalue weighted by atomic mass is 9.51. The highest BCUT2D eigenvalue weighted by Gasteiger charge is 2.68. The molecule has 6 atom stereocenters. The summed E-state index contributed by atoms with van der Waals surface area (Å²) in [4.78, 5) is 23.6. The van der Waals surface area contributed by atoms with Gasteiger partial charge in [-0.15, -0.1) is 0 Å². The van der Waals surface area contributed by atoms with Crippen LogP contribution >= 0.6 is 0 Å². The lowest BCUT2D eigenvalue weighted by Gasteiger charge is -2.58. The standard InChI is InChI=1S/C17H24O5/c1-9-6-5-7-16(4)8-12(21-11(3)18)13-10(2)15(19)22-14(13)17(9,16)20/h10,12-14,20H,1,5-8H2,2-4H3. The average molecular weight is 308 g/mol. The molecule has 0 aromatic carbocycles. The van der Waals surface area contributed by atoms with Crippen molar-refractivity contribution in [1.82, 2.24) is 0 Å². The minimum atomic E-state index is -1.23. The van der Waals surface area contributed by atoms with E-state index in [-0.39, 0.29) is 17.9 Å². The molecule has 1 N–H and O–H groups in total. The zero-order valence-electron chi connectivity index (χ0n) is 13.4. The third-order valence-electron chi connectivity index (χ3n) is 6.02. The molecule has 0 aromatic rings. The molecule has 3 rings (SSSR count). The van der Waals surface area contributed by atoms with Crippen LogP contribution in [0.5, 0.6) is 0 Å². The summed E-state index contributed by atoms with van der Waals surface area (Å²) in [6.45, 7) is 9.20. The van der Waals surface area contributed by atoms with E-state index < -0.39 is 29.1 Å². The number of esters is 2. The van der Waals surface area contributed by atoms with Gasteiger partial charge < -0.3 is 14.6 Å². The number of aliphatic hydroxyl groups is 1. The number of rotatable bonds is 1. The van der Waals surface area contributed by atoms with Gasteiger partial charge in [-0.1, -0.05) is 20.4 Å². The molecule has 2 saturated carbocycles. The van der Waals surface area contributed by atoms with E-state index in [9.17, 15) is 14.7 Å². The fraction of sp³-hybridized carbons (Fsp3) is 0.765. The summed E-state index contributed by atoms with van der Waals surface area (Å²) in [5.74, 6) is -1.40. The molecule has 22 heavy (non-hydrogen) atoms. The Bertz CT molecular complexity index is 541. The molecule has 3 fully saturated rings. The molecular weight excluding hydrogens is 284 g/mol. The molecule has 0 radical (unpaired) electrons. The maximum Gasteiger partial charge on any atom is 0.309 e. The van der Waals surface area contributed by atoms with Crippen molar-refractivity contribution in [2.24, 2.45) is 17.3 Å². The summed E-state index contributed by atoms with van der Waals surface area (Å²) in [6, 6.07) is 0.